The van der Waals surface area contributed by atoms with Crippen LogP contribution in [0.2, 0.25) is 0 Å². The summed E-state index contributed by atoms with van der Waals surface area (Å²) >= 11 is 0. The minimum absolute atomic E-state index is 0.0387. The van der Waals surface area contributed by atoms with E-state index in [-0.39, 0.29) is 31.3 Å². The number of aliphatic hydroxyl groups is 1. The van der Waals surface area contributed by atoms with E-state index in [1.54, 1.807) is 17.1 Å². The van der Waals surface area contributed by atoms with Crippen LogP contribution in [-0.2, 0) is 35.1 Å². The zero-order chi connectivity index (χ0) is 37.7. The van der Waals surface area contributed by atoms with Crippen LogP contribution in [0, 0.1) is 25.7 Å². The van der Waals surface area contributed by atoms with Crippen LogP contribution in [-0.4, -0.2) is 77.2 Å². The second kappa shape index (κ2) is 16.3. The first kappa shape index (κ1) is 37.7. The summed E-state index contributed by atoms with van der Waals surface area (Å²) in [5.41, 5.74) is 2.78. The van der Waals surface area contributed by atoms with E-state index in [0.717, 1.165) is 16.7 Å². The van der Waals surface area contributed by atoms with Crippen molar-refractivity contribution in [3.05, 3.63) is 126 Å². The van der Waals surface area contributed by atoms with Crippen LogP contribution in [0.3, 0.4) is 0 Å². The molecule has 278 valence electrons. The van der Waals surface area contributed by atoms with Gasteiger partial charge in [0.05, 0.1) is 37.1 Å². The minimum Gasteiger partial charge on any atom is -0.455 e. The van der Waals surface area contributed by atoms with E-state index in [4.69, 9.17) is 9.47 Å². The number of nitrogens with one attached hydrogen (secondary N) is 1. The molecule has 0 saturated carbocycles. The summed E-state index contributed by atoms with van der Waals surface area (Å²) in [6.45, 7) is 11.3. The van der Waals surface area contributed by atoms with Gasteiger partial charge in [-0.3, -0.25) is 19.2 Å². The number of rotatable bonds is 16. The fourth-order valence-corrected chi connectivity index (χ4v) is 8.40. The number of carbonyl (C=O) groups is 4. The largest absolute Gasteiger partial charge is 0.455 e. The molecule has 10 heteroatoms. The van der Waals surface area contributed by atoms with Gasteiger partial charge in [-0.2, -0.15) is 0 Å². The topological polar surface area (TPSA) is 125 Å². The molecule has 2 N–H and O–H groups in total. The van der Waals surface area contributed by atoms with E-state index in [0.29, 0.717) is 36.9 Å². The van der Waals surface area contributed by atoms with Gasteiger partial charge in [0.1, 0.15) is 17.7 Å². The molecule has 2 bridgehead atoms. The molecule has 53 heavy (non-hydrogen) atoms. The molecule has 0 aliphatic carbocycles. The number of anilines is 1. The molecule has 3 aliphatic rings. The Morgan fingerprint density at radius 1 is 1.06 bits per heavy atom. The number of aliphatic hydroxyl groups excluding tert-OH is 1. The molecule has 6 rings (SSSR count). The van der Waals surface area contributed by atoms with Crippen molar-refractivity contribution in [3.8, 4) is 0 Å². The number of ether oxygens (including phenoxy) is 2. The molecule has 3 saturated heterocycles. The van der Waals surface area contributed by atoms with Gasteiger partial charge in [-0.05, 0) is 67.9 Å². The van der Waals surface area contributed by atoms with Gasteiger partial charge in [-0.15, -0.1) is 13.2 Å². The summed E-state index contributed by atoms with van der Waals surface area (Å²) in [5.74, 6) is -3.62. The van der Waals surface area contributed by atoms with Crippen LogP contribution < -0.4 is 10.2 Å². The average Bonchev–Trinajstić information content (AvgIpc) is 3.82. The number of aryl methyl sites for hydroxylation is 2. The normalized spacial score (nSPS) is 23.9. The maximum Gasteiger partial charge on any atom is 0.313 e. The molecular formula is C43H49N3O7. The number of amides is 3. The van der Waals surface area contributed by atoms with Crippen LogP contribution in [0.1, 0.15) is 54.0 Å². The summed E-state index contributed by atoms with van der Waals surface area (Å²) in [5, 5.41) is 13.8. The molecule has 1 spiro atoms. The van der Waals surface area contributed by atoms with Gasteiger partial charge in [0.2, 0.25) is 11.8 Å². The highest BCUT2D eigenvalue weighted by Gasteiger charge is 2.75. The average molecular weight is 720 g/mol. The lowest BCUT2D eigenvalue weighted by Gasteiger charge is -2.39. The SMILES string of the molecule is C=CCCC(=O)NC[C@@H](OC(=O)[C@@H]1[C@@H]2CC[C@]3(O2)[C@H](C(=O)N(CC=C)c2cc(C)ccc2C)N([C@@H](CO)Cc2ccccc2)C(=O)[C@@H]13)c1ccccc1. The molecule has 0 radical (unpaired) electrons. The number of carbonyl (C=O) groups excluding carboxylic acids is 4. The van der Waals surface area contributed by atoms with Gasteiger partial charge in [0, 0.05) is 18.7 Å². The second-order valence-electron chi connectivity index (χ2n) is 14.3. The summed E-state index contributed by atoms with van der Waals surface area (Å²) in [6.07, 6.45) is 3.72. The first-order valence-electron chi connectivity index (χ1n) is 18.4. The Kier molecular flexibility index (Phi) is 11.6. The minimum atomic E-state index is -1.33. The van der Waals surface area contributed by atoms with Crippen molar-refractivity contribution in [2.45, 2.75) is 75.8 Å². The van der Waals surface area contributed by atoms with Gasteiger partial charge < -0.3 is 29.7 Å². The Morgan fingerprint density at radius 2 is 1.77 bits per heavy atom. The first-order valence-corrected chi connectivity index (χ1v) is 18.4. The Hall–Kier alpha value is -5.06. The Bertz CT molecular complexity index is 1830. The fourth-order valence-electron chi connectivity index (χ4n) is 8.40. The zero-order valence-corrected chi connectivity index (χ0v) is 30.5. The number of hydrogen-bond donors (Lipinski definition) is 2. The molecular weight excluding hydrogens is 670 g/mol. The highest BCUT2D eigenvalue weighted by molar-refractivity contribution is 6.05. The lowest BCUT2D eigenvalue weighted by Crippen LogP contribution is -2.59. The summed E-state index contributed by atoms with van der Waals surface area (Å²) in [6, 6.07) is 22.6. The number of nitrogens with zero attached hydrogens (tertiary/aromatic N) is 2. The van der Waals surface area contributed by atoms with Crippen molar-refractivity contribution < 1.29 is 33.8 Å². The molecule has 3 aromatic rings. The predicted molar refractivity (Wildman–Crippen MR) is 202 cm³/mol. The van der Waals surface area contributed by atoms with Crippen molar-refractivity contribution in [2.75, 3.05) is 24.6 Å². The maximum absolute atomic E-state index is 15.2. The molecule has 3 fully saturated rings. The van der Waals surface area contributed by atoms with Crippen molar-refractivity contribution in [2.24, 2.45) is 11.8 Å². The molecule has 0 aromatic heterocycles. The fraction of sp³-hybridized carbons (Fsp3) is 0.395. The molecule has 3 amide bonds. The van der Waals surface area contributed by atoms with Crippen LogP contribution in [0.25, 0.3) is 0 Å². The van der Waals surface area contributed by atoms with Crippen molar-refractivity contribution in [1.29, 1.82) is 0 Å². The monoisotopic (exact) mass is 719 g/mol. The lowest BCUT2D eigenvalue weighted by molar-refractivity contribution is -0.161. The highest BCUT2D eigenvalue weighted by Crippen LogP contribution is 2.59. The number of benzene rings is 3. The molecule has 3 aromatic carbocycles. The Balaban J connectivity index is 1.37. The molecule has 10 nitrogen and oxygen atoms in total. The quantitative estimate of drug-likeness (QED) is 0.155. The van der Waals surface area contributed by atoms with Crippen molar-refractivity contribution >= 4 is 29.4 Å². The number of likely N-dealkylation sites (tertiary alicyclic amines) is 1. The second-order valence-corrected chi connectivity index (χ2v) is 14.3. The van der Waals surface area contributed by atoms with Crippen LogP contribution in [0.5, 0.6) is 0 Å². The van der Waals surface area contributed by atoms with Gasteiger partial charge in [-0.1, -0.05) is 84.9 Å². The predicted octanol–water partition coefficient (Wildman–Crippen LogP) is 5.17. The van der Waals surface area contributed by atoms with E-state index in [1.165, 1.54) is 4.90 Å². The van der Waals surface area contributed by atoms with Gasteiger partial charge in [0.25, 0.3) is 5.91 Å². The van der Waals surface area contributed by atoms with Crippen LogP contribution >= 0.6 is 0 Å². The van der Waals surface area contributed by atoms with Gasteiger partial charge in [0.15, 0.2) is 0 Å². The van der Waals surface area contributed by atoms with E-state index >= 15 is 4.79 Å². The summed E-state index contributed by atoms with van der Waals surface area (Å²) in [7, 11) is 0. The number of allylic oxidation sites excluding steroid dienone is 1. The van der Waals surface area contributed by atoms with E-state index in [9.17, 15) is 19.5 Å². The number of esters is 1. The lowest BCUT2D eigenvalue weighted by atomic mass is 9.70. The summed E-state index contributed by atoms with van der Waals surface area (Å²) < 4.78 is 12.9. The summed E-state index contributed by atoms with van der Waals surface area (Å²) in [4.78, 5) is 60.2. The molecule has 0 unspecified atom stereocenters. The van der Waals surface area contributed by atoms with Crippen LogP contribution in [0.4, 0.5) is 5.69 Å². The third-order valence-corrected chi connectivity index (χ3v) is 10.9. The van der Waals surface area contributed by atoms with E-state index in [2.05, 4.69) is 18.5 Å². The van der Waals surface area contributed by atoms with E-state index in [1.807, 2.05) is 92.7 Å². The van der Waals surface area contributed by atoms with Gasteiger partial charge >= 0.3 is 5.97 Å². The molecule has 3 heterocycles. The standard InChI is InChI=1S/C43H49N3O7/c1-5-7-18-36(48)44-26-35(31-16-12-9-13-17-31)52-42(51)37-34-21-22-43(53-34)38(37)40(49)46(32(27-47)25-30-14-10-8-11-15-30)39(43)41(50)45(23-6-2)33-24-28(3)19-20-29(33)4/h5-6,8-17,19-20,24,32,34-35,37-39,47H,1-2,7,18,21-23,25-27H2,3-4H3,(H,44,48)/t32-,34+,35-,37-,38-,39+,43-/m1/s1. The first-order chi connectivity index (χ1) is 25.6. The van der Waals surface area contributed by atoms with E-state index < -0.39 is 60.2 Å². The van der Waals surface area contributed by atoms with Crippen LogP contribution in [0.15, 0.2) is 104 Å². The van der Waals surface area contributed by atoms with Gasteiger partial charge in [-0.25, -0.2) is 0 Å². The number of fused-ring (bicyclic) bond motifs is 1. The Labute approximate surface area is 311 Å². The third-order valence-electron chi connectivity index (χ3n) is 10.9. The zero-order valence-electron chi connectivity index (χ0n) is 30.5. The number of hydrogen-bond acceptors (Lipinski definition) is 7. The maximum atomic E-state index is 15.2. The van der Waals surface area contributed by atoms with Crippen molar-refractivity contribution in [1.82, 2.24) is 10.2 Å². The molecule has 7 atom stereocenters. The third kappa shape index (κ3) is 7.43. The smallest absolute Gasteiger partial charge is 0.313 e. The van der Waals surface area contributed by atoms with Crippen molar-refractivity contribution in [3.63, 3.8) is 0 Å². The molecule has 3 aliphatic heterocycles. The highest BCUT2D eigenvalue weighted by atomic mass is 16.6. The Morgan fingerprint density at radius 3 is 2.45 bits per heavy atom.